The fourth-order valence-corrected chi connectivity index (χ4v) is 2.54. The number of nitrogens with two attached hydrogens (primary N) is 1. The predicted molar refractivity (Wildman–Crippen MR) is 88.8 cm³/mol. The molecule has 3 nitrogen and oxygen atoms in total. The maximum atomic E-state index is 6.04. The molecule has 2 rings (SSSR count). The Morgan fingerprint density at radius 1 is 1.33 bits per heavy atom. The summed E-state index contributed by atoms with van der Waals surface area (Å²) in [5.41, 5.74) is 7.24. The van der Waals surface area contributed by atoms with Crippen LogP contribution in [0.2, 0.25) is 5.02 Å². The first-order valence-corrected chi connectivity index (χ1v) is 8.15. The van der Waals surface area contributed by atoms with Gasteiger partial charge in [-0.05, 0) is 56.8 Å². The fourth-order valence-electron chi connectivity index (χ4n) is 2.41. The molecule has 1 aliphatic carbocycles. The Balaban J connectivity index is 1.83. The molecule has 0 amide bonds. The van der Waals surface area contributed by atoms with Gasteiger partial charge in [-0.1, -0.05) is 23.7 Å². The zero-order valence-electron chi connectivity index (χ0n) is 13.1. The highest BCUT2D eigenvalue weighted by atomic mass is 35.5. The molecule has 118 valence electrons. The lowest BCUT2D eigenvalue weighted by molar-refractivity contribution is 0.0659. The normalized spacial score (nSPS) is 18.0. The molecular weight excluding hydrogens is 284 g/mol. The smallest absolute Gasteiger partial charge is 0.0593 e. The Hall–Kier alpha value is -0.610. The van der Waals surface area contributed by atoms with Crippen molar-refractivity contribution < 1.29 is 4.74 Å². The van der Waals surface area contributed by atoms with Crippen LogP contribution in [0.5, 0.6) is 0 Å². The lowest BCUT2D eigenvalue weighted by Gasteiger charge is -2.38. The Bertz CT molecular complexity index is 433. The van der Waals surface area contributed by atoms with E-state index in [-0.39, 0.29) is 5.54 Å². The summed E-state index contributed by atoms with van der Waals surface area (Å²) in [7, 11) is 2.13. The Labute approximate surface area is 133 Å². The van der Waals surface area contributed by atoms with Crippen molar-refractivity contribution in [2.24, 2.45) is 11.7 Å². The van der Waals surface area contributed by atoms with Gasteiger partial charge in [0.05, 0.1) is 6.61 Å². The number of hydrogen-bond donors (Lipinski definition) is 1. The van der Waals surface area contributed by atoms with Gasteiger partial charge in [0.15, 0.2) is 0 Å². The monoisotopic (exact) mass is 310 g/mol. The summed E-state index contributed by atoms with van der Waals surface area (Å²) < 4.78 is 5.73. The van der Waals surface area contributed by atoms with E-state index in [1.165, 1.54) is 18.4 Å². The summed E-state index contributed by atoms with van der Waals surface area (Å²) >= 11 is 5.94. The van der Waals surface area contributed by atoms with Crippen molar-refractivity contribution in [2.45, 2.75) is 31.7 Å². The molecule has 2 N–H and O–H groups in total. The van der Waals surface area contributed by atoms with Crippen LogP contribution in [0, 0.1) is 5.92 Å². The van der Waals surface area contributed by atoms with Gasteiger partial charge in [0.25, 0.3) is 0 Å². The van der Waals surface area contributed by atoms with Crippen LogP contribution in [-0.4, -0.2) is 43.8 Å². The van der Waals surface area contributed by atoms with Crippen LogP contribution in [0.1, 0.15) is 25.3 Å². The third kappa shape index (κ3) is 5.26. The molecule has 0 saturated heterocycles. The largest absolute Gasteiger partial charge is 0.380 e. The summed E-state index contributed by atoms with van der Waals surface area (Å²) in [6.07, 6.45) is 3.60. The first-order chi connectivity index (χ1) is 10.0. The van der Waals surface area contributed by atoms with Gasteiger partial charge in [0, 0.05) is 30.3 Å². The third-order valence-corrected chi connectivity index (χ3v) is 4.73. The van der Waals surface area contributed by atoms with E-state index in [9.17, 15) is 0 Å². The van der Waals surface area contributed by atoms with Crippen LogP contribution in [0.3, 0.4) is 0 Å². The van der Waals surface area contributed by atoms with E-state index in [2.05, 4.69) is 31.0 Å². The Morgan fingerprint density at radius 3 is 2.57 bits per heavy atom. The van der Waals surface area contributed by atoms with Gasteiger partial charge in [-0.25, -0.2) is 0 Å². The lowest BCUT2D eigenvalue weighted by Crippen LogP contribution is -2.52. The van der Waals surface area contributed by atoms with E-state index >= 15 is 0 Å². The minimum absolute atomic E-state index is 0.0588. The van der Waals surface area contributed by atoms with Crippen molar-refractivity contribution >= 4 is 11.6 Å². The van der Waals surface area contributed by atoms with Crippen molar-refractivity contribution in [3.05, 3.63) is 34.9 Å². The van der Waals surface area contributed by atoms with E-state index in [0.29, 0.717) is 6.54 Å². The van der Waals surface area contributed by atoms with Crippen molar-refractivity contribution in [2.75, 3.05) is 33.4 Å². The van der Waals surface area contributed by atoms with Gasteiger partial charge in [-0.3, -0.25) is 4.90 Å². The van der Waals surface area contributed by atoms with Crippen molar-refractivity contribution in [1.82, 2.24) is 4.90 Å². The van der Waals surface area contributed by atoms with E-state index in [0.717, 1.165) is 37.1 Å². The van der Waals surface area contributed by atoms with E-state index in [1.54, 1.807) is 0 Å². The van der Waals surface area contributed by atoms with Crippen LogP contribution >= 0.6 is 11.6 Å². The number of nitrogens with zero attached hydrogens (tertiary/aromatic N) is 1. The van der Waals surface area contributed by atoms with Gasteiger partial charge in [0.2, 0.25) is 0 Å². The molecule has 0 aliphatic heterocycles. The van der Waals surface area contributed by atoms with Crippen LogP contribution < -0.4 is 5.73 Å². The molecule has 1 saturated carbocycles. The van der Waals surface area contributed by atoms with E-state index < -0.39 is 0 Å². The van der Waals surface area contributed by atoms with Gasteiger partial charge in [-0.15, -0.1) is 0 Å². The topological polar surface area (TPSA) is 38.5 Å². The number of halogens is 1. The zero-order valence-corrected chi connectivity index (χ0v) is 13.9. The van der Waals surface area contributed by atoms with Crippen molar-refractivity contribution in [3.8, 4) is 0 Å². The molecule has 1 atom stereocenters. The summed E-state index contributed by atoms with van der Waals surface area (Å²) in [5.74, 6) is 0.824. The quantitative estimate of drug-likeness (QED) is 0.713. The number of hydrogen-bond acceptors (Lipinski definition) is 3. The summed E-state index contributed by atoms with van der Waals surface area (Å²) in [4.78, 5) is 2.31. The average Bonchev–Trinajstić information content (AvgIpc) is 3.30. The predicted octanol–water partition coefficient (Wildman–Crippen LogP) is 2.96. The van der Waals surface area contributed by atoms with Crippen molar-refractivity contribution in [3.63, 3.8) is 0 Å². The standard InChI is InChI=1S/C17H27ClN2O/c1-17(13-19,11-14-5-7-16(18)8-6-14)20(2)9-10-21-12-15-3-4-15/h5-8,15H,3-4,9-13,19H2,1-2H3. The molecule has 4 heteroatoms. The summed E-state index contributed by atoms with van der Waals surface area (Å²) in [6.45, 7) is 5.44. The summed E-state index contributed by atoms with van der Waals surface area (Å²) in [5, 5.41) is 0.773. The molecule has 0 bridgehead atoms. The maximum Gasteiger partial charge on any atom is 0.0593 e. The molecule has 1 unspecified atom stereocenters. The molecule has 21 heavy (non-hydrogen) atoms. The molecule has 0 aromatic heterocycles. The van der Waals surface area contributed by atoms with Crippen LogP contribution in [0.15, 0.2) is 24.3 Å². The first kappa shape index (κ1) is 16.8. The molecule has 1 fully saturated rings. The summed E-state index contributed by atoms with van der Waals surface area (Å²) in [6, 6.07) is 8.03. The second-order valence-corrected chi connectivity index (χ2v) is 6.88. The molecule has 1 aromatic rings. The highest BCUT2D eigenvalue weighted by molar-refractivity contribution is 6.30. The molecule has 1 aromatic carbocycles. The van der Waals surface area contributed by atoms with Crippen LogP contribution in [0.4, 0.5) is 0 Å². The van der Waals surface area contributed by atoms with Crippen LogP contribution in [0.25, 0.3) is 0 Å². The highest BCUT2D eigenvalue weighted by Crippen LogP contribution is 2.28. The Kier molecular flexibility index (Phi) is 6.06. The number of rotatable bonds is 9. The number of ether oxygens (including phenoxy) is 1. The van der Waals surface area contributed by atoms with E-state index in [1.807, 2.05) is 12.1 Å². The third-order valence-electron chi connectivity index (χ3n) is 4.48. The first-order valence-electron chi connectivity index (χ1n) is 7.77. The minimum atomic E-state index is -0.0588. The molecule has 0 spiro atoms. The number of likely N-dealkylation sites (N-methyl/N-ethyl adjacent to an activating group) is 1. The second-order valence-electron chi connectivity index (χ2n) is 6.44. The van der Waals surface area contributed by atoms with E-state index in [4.69, 9.17) is 22.1 Å². The minimum Gasteiger partial charge on any atom is -0.380 e. The van der Waals surface area contributed by atoms with Gasteiger partial charge < -0.3 is 10.5 Å². The van der Waals surface area contributed by atoms with Crippen molar-refractivity contribution in [1.29, 1.82) is 0 Å². The fraction of sp³-hybridized carbons (Fsp3) is 0.647. The average molecular weight is 311 g/mol. The molecule has 1 aliphatic rings. The molecule has 0 heterocycles. The highest BCUT2D eigenvalue weighted by Gasteiger charge is 2.28. The van der Waals surface area contributed by atoms with Gasteiger partial charge in [0.1, 0.15) is 0 Å². The lowest BCUT2D eigenvalue weighted by atomic mass is 9.91. The zero-order chi connectivity index (χ0) is 15.3. The SMILES string of the molecule is CN(CCOCC1CC1)C(C)(CN)Cc1ccc(Cl)cc1. The second kappa shape index (κ2) is 7.59. The van der Waals surface area contributed by atoms with Gasteiger partial charge >= 0.3 is 0 Å². The van der Waals surface area contributed by atoms with Crippen LogP contribution in [-0.2, 0) is 11.2 Å². The Morgan fingerprint density at radius 2 is 2.00 bits per heavy atom. The molecular formula is C17H27ClN2O. The number of benzene rings is 1. The van der Waals surface area contributed by atoms with Gasteiger partial charge in [-0.2, -0.15) is 0 Å². The molecule has 0 radical (unpaired) electrons. The maximum absolute atomic E-state index is 6.04.